The standard InChI is InChI=1S/C10H17N3O2/c1-3-4-13-7-9(5-11-13)6-12(2)8-10(14)15/h5,7H,3-4,6,8H2,1-2H3,(H,14,15). The molecule has 0 amide bonds. The van der Waals surface area contributed by atoms with E-state index in [1.807, 2.05) is 10.9 Å². The van der Waals surface area contributed by atoms with Gasteiger partial charge < -0.3 is 5.11 Å². The van der Waals surface area contributed by atoms with Crippen LogP contribution in [0.3, 0.4) is 0 Å². The molecule has 1 aromatic rings. The van der Waals surface area contributed by atoms with Crippen LogP contribution in [-0.4, -0.2) is 39.3 Å². The van der Waals surface area contributed by atoms with Gasteiger partial charge in [0.05, 0.1) is 12.7 Å². The zero-order chi connectivity index (χ0) is 11.3. The quantitative estimate of drug-likeness (QED) is 0.756. The molecule has 5 heteroatoms. The van der Waals surface area contributed by atoms with Crippen molar-refractivity contribution < 1.29 is 9.90 Å². The van der Waals surface area contributed by atoms with Crippen LogP contribution in [-0.2, 0) is 17.9 Å². The fraction of sp³-hybridized carbons (Fsp3) is 0.600. The third-order valence-corrected chi connectivity index (χ3v) is 2.00. The molecule has 1 aromatic heterocycles. The van der Waals surface area contributed by atoms with Gasteiger partial charge in [0.15, 0.2) is 0 Å². The van der Waals surface area contributed by atoms with Gasteiger partial charge in [-0.3, -0.25) is 14.4 Å². The fourth-order valence-corrected chi connectivity index (χ4v) is 1.44. The summed E-state index contributed by atoms with van der Waals surface area (Å²) in [6.45, 7) is 3.68. The third kappa shape index (κ3) is 4.12. The normalized spacial score (nSPS) is 10.9. The molecule has 0 bridgehead atoms. The number of carboxylic acids is 1. The van der Waals surface area contributed by atoms with E-state index in [0.717, 1.165) is 18.5 Å². The number of carbonyl (C=O) groups is 1. The number of carboxylic acid groups (broad SMARTS) is 1. The van der Waals surface area contributed by atoms with Crippen molar-refractivity contribution in [1.29, 1.82) is 0 Å². The van der Waals surface area contributed by atoms with E-state index in [1.54, 1.807) is 18.1 Å². The van der Waals surface area contributed by atoms with Gasteiger partial charge >= 0.3 is 5.97 Å². The lowest BCUT2D eigenvalue weighted by Gasteiger charge is -2.11. The minimum Gasteiger partial charge on any atom is -0.480 e. The zero-order valence-electron chi connectivity index (χ0n) is 9.18. The second-order valence-electron chi connectivity index (χ2n) is 3.68. The van der Waals surface area contributed by atoms with Gasteiger partial charge in [-0.25, -0.2) is 0 Å². The number of hydrogen-bond acceptors (Lipinski definition) is 3. The maximum absolute atomic E-state index is 10.4. The highest BCUT2D eigenvalue weighted by Gasteiger charge is 2.06. The lowest BCUT2D eigenvalue weighted by molar-refractivity contribution is -0.138. The maximum atomic E-state index is 10.4. The summed E-state index contributed by atoms with van der Waals surface area (Å²) in [6, 6.07) is 0. The Morgan fingerprint density at radius 3 is 3.00 bits per heavy atom. The second kappa shape index (κ2) is 5.50. The molecule has 0 saturated heterocycles. The summed E-state index contributed by atoms with van der Waals surface area (Å²) >= 11 is 0. The smallest absolute Gasteiger partial charge is 0.317 e. The molecule has 0 aliphatic heterocycles. The highest BCUT2D eigenvalue weighted by Crippen LogP contribution is 2.02. The van der Waals surface area contributed by atoms with Crippen molar-refractivity contribution in [2.45, 2.75) is 26.4 Å². The highest BCUT2D eigenvalue weighted by atomic mass is 16.4. The predicted molar refractivity (Wildman–Crippen MR) is 56.5 cm³/mol. The zero-order valence-corrected chi connectivity index (χ0v) is 9.18. The Morgan fingerprint density at radius 2 is 2.40 bits per heavy atom. The van der Waals surface area contributed by atoms with Gasteiger partial charge in [-0.1, -0.05) is 6.92 Å². The van der Waals surface area contributed by atoms with E-state index in [4.69, 9.17) is 5.11 Å². The monoisotopic (exact) mass is 211 g/mol. The Balaban J connectivity index is 2.45. The van der Waals surface area contributed by atoms with Crippen molar-refractivity contribution >= 4 is 5.97 Å². The fourth-order valence-electron chi connectivity index (χ4n) is 1.44. The second-order valence-corrected chi connectivity index (χ2v) is 3.68. The van der Waals surface area contributed by atoms with Gasteiger partial charge in [0.2, 0.25) is 0 Å². The van der Waals surface area contributed by atoms with Crippen LogP contribution in [0.2, 0.25) is 0 Å². The van der Waals surface area contributed by atoms with E-state index in [0.29, 0.717) is 6.54 Å². The molecule has 0 radical (unpaired) electrons. The Labute approximate surface area is 89.3 Å². The van der Waals surface area contributed by atoms with Gasteiger partial charge in [-0.15, -0.1) is 0 Å². The Hall–Kier alpha value is -1.36. The van der Waals surface area contributed by atoms with Crippen LogP contribution in [0.4, 0.5) is 0 Å². The van der Waals surface area contributed by atoms with Gasteiger partial charge in [-0.05, 0) is 13.5 Å². The van der Waals surface area contributed by atoms with Crippen LogP contribution >= 0.6 is 0 Å². The number of aromatic nitrogens is 2. The molecule has 0 unspecified atom stereocenters. The number of nitrogens with zero attached hydrogens (tertiary/aromatic N) is 3. The van der Waals surface area contributed by atoms with E-state index < -0.39 is 5.97 Å². The van der Waals surface area contributed by atoms with Gasteiger partial charge in [-0.2, -0.15) is 5.10 Å². The van der Waals surface area contributed by atoms with E-state index in [9.17, 15) is 4.79 Å². The molecule has 0 spiro atoms. The summed E-state index contributed by atoms with van der Waals surface area (Å²) in [5.74, 6) is -0.807. The maximum Gasteiger partial charge on any atom is 0.317 e. The first-order valence-corrected chi connectivity index (χ1v) is 5.03. The van der Waals surface area contributed by atoms with Gasteiger partial charge in [0, 0.05) is 24.8 Å². The molecular formula is C10H17N3O2. The molecule has 0 fully saturated rings. The molecule has 1 N–H and O–H groups in total. The first-order valence-electron chi connectivity index (χ1n) is 5.03. The number of rotatable bonds is 6. The SMILES string of the molecule is CCCn1cc(CN(C)CC(=O)O)cn1. The van der Waals surface area contributed by atoms with Crippen molar-refractivity contribution in [3.63, 3.8) is 0 Å². The van der Waals surface area contributed by atoms with E-state index in [1.165, 1.54) is 0 Å². The Kier molecular flexibility index (Phi) is 4.30. The number of hydrogen-bond donors (Lipinski definition) is 1. The number of aliphatic carboxylic acids is 1. The van der Waals surface area contributed by atoms with Crippen molar-refractivity contribution in [3.05, 3.63) is 18.0 Å². The average molecular weight is 211 g/mol. The van der Waals surface area contributed by atoms with Crippen molar-refractivity contribution in [2.24, 2.45) is 0 Å². The summed E-state index contributed by atoms with van der Waals surface area (Å²) in [5, 5.41) is 12.8. The van der Waals surface area contributed by atoms with Crippen LogP contribution < -0.4 is 0 Å². The molecule has 84 valence electrons. The molecule has 0 atom stereocenters. The highest BCUT2D eigenvalue weighted by molar-refractivity contribution is 5.68. The van der Waals surface area contributed by atoms with Crippen LogP contribution in [0.25, 0.3) is 0 Å². The average Bonchev–Trinajstić information content (AvgIpc) is 2.51. The Bertz CT molecular complexity index is 322. The van der Waals surface area contributed by atoms with Crippen LogP contribution in [0.1, 0.15) is 18.9 Å². The molecule has 1 heterocycles. The van der Waals surface area contributed by atoms with E-state index in [2.05, 4.69) is 12.0 Å². The Morgan fingerprint density at radius 1 is 1.67 bits per heavy atom. The first-order chi connectivity index (χ1) is 7.11. The first kappa shape index (κ1) is 11.7. The molecule has 15 heavy (non-hydrogen) atoms. The molecular weight excluding hydrogens is 194 g/mol. The van der Waals surface area contributed by atoms with Crippen LogP contribution in [0.15, 0.2) is 12.4 Å². The topological polar surface area (TPSA) is 58.4 Å². The van der Waals surface area contributed by atoms with Gasteiger partial charge in [0.25, 0.3) is 0 Å². The van der Waals surface area contributed by atoms with Crippen molar-refractivity contribution in [1.82, 2.24) is 14.7 Å². The molecule has 5 nitrogen and oxygen atoms in total. The van der Waals surface area contributed by atoms with E-state index >= 15 is 0 Å². The largest absolute Gasteiger partial charge is 0.480 e. The predicted octanol–water partition coefficient (Wildman–Crippen LogP) is 0.809. The number of aryl methyl sites for hydroxylation is 1. The lowest BCUT2D eigenvalue weighted by Crippen LogP contribution is -2.24. The van der Waals surface area contributed by atoms with Gasteiger partial charge in [0.1, 0.15) is 0 Å². The summed E-state index contributed by atoms with van der Waals surface area (Å²) in [7, 11) is 1.78. The molecule has 0 aliphatic rings. The molecule has 1 rings (SSSR count). The lowest BCUT2D eigenvalue weighted by atomic mass is 10.3. The van der Waals surface area contributed by atoms with Crippen molar-refractivity contribution in [2.75, 3.05) is 13.6 Å². The van der Waals surface area contributed by atoms with Crippen LogP contribution in [0.5, 0.6) is 0 Å². The van der Waals surface area contributed by atoms with E-state index in [-0.39, 0.29) is 6.54 Å². The number of likely N-dealkylation sites (N-methyl/N-ethyl adjacent to an activating group) is 1. The third-order valence-electron chi connectivity index (χ3n) is 2.00. The summed E-state index contributed by atoms with van der Waals surface area (Å²) in [6.07, 6.45) is 4.79. The summed E-state index contributed by atoms with van der Waals surface area (Å²) in [5.41, 5.74) is 1.05. The van der Waals surface area contributed by atoms with Crippen LogP contribution in [0, 0.1) is 0 Å². The minimum absolute atomic E-state index is 0.0545. The molecule has 0 saturated carbocycles. The summed E-state index contributed by atoms with van der Waals surface area (Å²) < 4.78 is 1.88. The molecule has 0 aromatic carbocycles. The molecule has 0 aliphatic carbocycles. The minimum atomic E-state index is -0.807. The summed E-state index contributed by atoms with van der Waals surface area (Å²) in [4.78, 5) is 12.2. The van der Waals surface area contributed by atoms with Crippen molar-refractivity contribution in [3.8, 4) is 0 Å².